The van der Waals surface area contributed by atoms with Gasteiger partial charge in [-0.3, -0.25) is 13.9 Å². The summed E-state index contributed by atoms with van der Waals surface area (Å²) in [5, 5.41) is 2.40. The number of aryl methyl sites for hydroxylation is 1. The lowest BCUT2D eigenvalue weighted by Gasteiger charge is -2.33. The maximum Gasteiger partial charge on any atom is 0.417 e. The normalized spacial score (nSPS) is 15.5. The number of anilines is 1. The second kappa shape index (κ2) is 12.6. The zero-order valence-corrected chi connectivity index (χ0v) is 23.7. The second-order valence-corrected chi connectivity index (χ2v) is 12.2. The Balaban J connectivity index is 1.94. The van der Waals surface area contributed by atoms with Gasteiger partial charge in [0, 0.05) is 12.6 Å². The van der Waals surface area contributed by atoms with Crippen molar-refractivity contribution in [3.8, 4) is 0 Å². The predicted molar refractivity (Wildman–Crippen MR) is 145 cm³/mol. The van der Waals surface area contributed by atoms with E-state index >= 15 is 0 Å². The summed E-state index contributed by atoms with van der Waals surface area (Å²) < 4.78 is 66.4. The number of amides is 2. The molecule has 7 nitrogen and oxygen atoms in total. The molecule has 2 aromatic rings. The molecule has 12 heteroatoms. The molecule has 39 heavy (non-hydrogen) atoms. The summed E-state index contributed by atoms with van der Waals surface area (Å²) in [6.45, 7) is 2.62. The third-order valence-corrected chi connectivity index (χ3v) is 8.41. The fraction of sp³-hybridized carbons (Fsp3) is 0.481. The fourth-order valence-electron chi connectivity index (χ4n) is 4.62. The minimum Gasteiger partial charge on any atom is -0.352 e. The van der Waals surface area contributed by atoms with Gasteiger partial charge in [-0.05, 0) is 56.0 Å². The second-order valence-electron chi connectivity index (χ2n) is 9.90. The first-order chi connectivity index (χ1) is 18.2. The number of rotatable bonds is 9. The van der Waals surface area contributed by atoms with Gasteiger partial charge in [0.2, 0.25) is 21.8 Å². The van der Waals surface area contributed by atoms with Gasteiger partial charge in [-0.1, -0.05) is 55.1 Å². The van der Waals surface area contributed by atoms with Crippen molar-refractivity contribution in [1.82, 2.24) is 10.2 Å². The smallest absolute Gasteiger partial charge is 0.352 e. The molecule has 1 atom stereocenters. The van der Waals surface area contributed by atoms with Crippen LogP contribution in [0.2, 0.25) is 5.02 Å². The van der Waals surface area contributed by atoms with Gasteiger partial charge in [0.15, 0.2) is 0 Å². The van der Waals surface area contributed by atoms with Gasteiger partial charge >= 0.3 is 6.18 Å². The van der Waals surface area contributed by atoms with E-state index in [4.69, 9.17) is 11.6 Å². The predicted octanol–water partition coefficient (Wildman–Crippen LogP) is 5.30. The highest BCUT2D eigenvalue weighted by atomic mass is 35.5. The monoisotopic (exact) mass is 587 g/mol. The molecule has 2 aromatic carbocycles. The Hall–Kier alpha value is -2.79. The molecule has 0 spiro atoms. The Morgan fingerprint density at radius 1 is 1.10 bits per heavy atom. The van der Waals surface area contributed by atoms with Crippen LogP contribution in [0, 0.1) is 6.92 Å². The van der Waals surface area contributed by atoms with Gasteiger partial charge in [0.25, 0.3) is 0 Å². The zero-order chi connectivity index (χ0) is 29.0. The number of alkyl halides is 3. The van der Waals surface area contributed by atoms with Gasteiger partial charge in [0.05, 0.1) is 22.5 Å². The molecule has 0 aliphatic heterocycles. The maximum absolute atomic E-state index is 13.7. The molecule has 1 N–H and O–H groups in total. The van der Waals surface area contributed by atoms with Crippen molar-refractivity contribution < 1.29 is 31.2 Å². The summed E-state index contributed by atoms with van der Waals surface area (Å²) in [6.07, 6.45) is 0.733. The number of carbonyl (C=O) groups is 2. The molecule has 0 saturated heterocycles. The number of carbonyl (C=O) groups excluding carboxylic acids is 2. The zero-order valence-electron chi connectivity index (χ0n) is 22.1. The molecule has 0 unspecified atom stereocenters. The molecule has 214 valence electrons. The van der Waals surface area contributed by atoms with Gasteiger partial charge in [-0.2, -0.15) is 13.2 Å². The molecular weight excluding hydrogens is 555 g/mol. The first kappa shape index (κ1) is 30.7. The number of nitrogens with one attached hydrogen (secondary N) is 1. The largest absolute Gasteiger partial charge is 0.417 e. The molecule has 0 heterocycles. The number of halogens is 4. The Morgan fingerprint density at radius 3 is 2.33 bits per heavy atom. The van der Waals surface area contributed by atoms with Crippen molar-refractivity contribution >= 4 is 39.1 Å². The van der Waals surface area contributed by atoms with Crippen LogP contribution in [0.4, 0.5) is 18.9 Å². The molecule has 0 radical (unpaired) electrons. The average molecular weight is 588 g/mol. The van der Waals surface area contributed by atoms with E-state index in [1.165, 1.54) is 4.90 Å². The molecule has 1 aliphatic rings. The summed E-state index contributed by atoms with van der Waals surface area (Å²) >= 11 is 5.71. The molecule has 0 bridgehead atoms. The van der Waals surface area contributed by atoms with E-state index < -0.39 is 45.3 Å². The summed E-state index contributed by atoms with van der Waals surface area (Å²) in [4.78, 5) is 28.1. The van der Waals surface area contributed by atoms with E-state index in [1.54, 1.807) is 19.1 Å². The first-order valence-corrected chi connectivity index (χ1v) is 14.9. The lowest BCUT2D eigenvalue weighted by Crippen LogP contribution is -2.53. The van der Waals surface area contributed by atoms with Crippen LogP contribution in [0.15, 0.2) is 42.5 Å². The highest BCUT2D eigenvalue weighted by molar-refractivity contribution is 7.92. The minimum atomic E-state index is -4.83. The van der Waals surface area contributed by atoms with Gasteiger partial charge < -0.3 is 10.2 Å². The Labute approximate surface area is 232 Å². The van der Waals surface area contributed by atoms with Crippen LogP contribution in [0.25, 0.3) is 0 Å². The number of sulfonamides is 1. The van der Waals surface area contributed by atoms with Gasteiger partial charge in [-0.15, -0.1) is 0 Å². The van der Waals surface area contributed by atoms with Crippen LogP contribution in [0.5, 0.6) is 0 Å². The molecule has 0 aromatic heterocycles. The molecule has 3 rings (SSSR count). The quantitative estimate of drug-likeness (QED) is 0.431. The van der Waals surface area contributed by atoms with Gasteiger partial charge in [0.1, 0.15) is 12.6 Å². The van der Waals surface area contributed by atoms with E-state index in [0.29, 0.717) is 10.4 Å². The molecular formula is C27H33ClF3N3O4S. The molecule has 2 amide bonds. The van der Waals surface area contributed by atoms with E-state index in [9.17, 15) is 31.2 Å². The Morgan fingerprint density at radius 2 is 1.74 bits per heavy atom. The third kappa shape index (κ3) is 8.11. The van der Waals surface area contributed by atoms with E-state index in [2.05, 4.69) is 5.32 Å². The molecule has 1 saturated carbocycles. The standard InChI is InChI=1S/C27H33ClF3N3O4S/c1-18-9-7-8-10-20(18)16-33(19(2)26(36)32-21-11-5-4-6-12-21)25(35)17-34(39(3,37)38)22-13-14-24(28)23(15-22)27(29,30)31/h7-10,13-15,19,21H,4-6,11-12,16-17H2,1-3H3,(H,32,36)/t19-/m1/s1. The number of benzene rings is 2. The van der Waals surface area contributed by atoms with Crippen LogP contribution < -0.4 is 9.62 Å². The Bertz CT molecular complexity index is 1300. The van der Waals surface area contributed by atoms with Crippen LogP contribution in [0.1, 0.15) is 55.7 Å². The number of hydrogen-bond donors (Lipinski definition) is 1. The van der Waals surface area contributed by atoms with E-state index in [-0.39, 0.29) is 24.2 Å². The molecule has 1 aliphatic carbocycles. The molecule has 1 fully saturated rings. The highest BCUT2D eigenvalue weighted by Crippen LogP contribution is 2.37. The maximum atomic E-state index is 13.7. The van der Waals surface area contributed by atoms with Crippen molar-refractivity contribution in [2.24, 2.45) is 0 Å². The SMILES string of the molecule is Cc1ccccc1CN(C(=O)CN(c1ccc(Cl)c(C(F)(F)F)c1)S(C)(=O)=O)[C@H](C)C(=O)NC1CCCCC1. The van der Waals surface area contributed by atoms with Crippen molar-refractivity contribution in [1.29, 1.82) is 0 Å². The van der Waals surface area contributed by atoms with E-state index in [0.717, 1.165) is 61.6 Å². The average Bonchev–Trinajstić information content (AvgIpc) is 2.86. The fourth-order valence-corrected chi connectivity index (χ4v) is 5.69. The lowest BCUT2D eigenvalue weighted by atomic mass is 9.95. The third-order valence-electron chi connectivity index (χ3n) is 6.94. The van der Waals surface area contributed by atoms with Crippen molar-refractivity contribution in [2.75, 3.05) is 17.1 Å². The van der Waals surface area contributed by atoms with Crippen molar-refractivity contribution in [2.45, 2.75) is 70.8 Å². The van der Waals surface area contributed by atoms with Crippen molar-refractivity contribution in [3.05, 3.63) is 64.2 Å². The lowest BCUT2D eigenvalue weighted by molar-refractivity contribution is -0.139. The van der Waals surface area contributed by atoms with Crippen molar-refractivity contribution in [3.63, 3.8) is 0 Å². The van der Waals surface area contributed by atoms with Crippen LogP contribution in [0.3, 0.4) is 0 Å². The number of hydrogen-bond acceptors (Lipinski definition) is 4. The van der Waals surface area contributed by atoms with E-state index in [1.807, 2.05) is 19.1 Å². The van der Waals surface area contributed by atoms with Gasteiger partial charge in [-0.25, -0.2) is 8.42 Å². The first-order valence-electron chi connectivity index (χ1n) is 12.7. The van der Waals surface area contributed by atoms with Crippen LogP contribution in [-0.2, 0) is 32.3 Å². The summed E-state index contributed by atoms with van der Waals surface area (Å²) in [5.41, 5.74) is 0.0279. The summed E-state index contributed by atoms with van der Waals surface area (Å²) in [5.74, 6) is -1.11. The van der Waals surface area contributed by atoms with Crippen LogP contribution in [-0.4, -0.2) is 50.0 Å². The Kier molecular flexibility index (Phi) is 9.93. The summed E-state index contributed by atoms with van der Waals surface area (Å²) in [6, 6.07) is 8.93. The topological polar surface area (TPSA) is 86.8 Å². The van der Waals surface area contributed by atoms with Crippen LogP contribution >= 0.6 is 11.6 Å². The highest BCUT2D eigenvalue weighted by Gasteiger charge is 2.36. The minimum absolute atomic E-state index is 0.00788. The summed E-state index contributed by atoms with van der Waals surface area (Å²) in [7, 11) is -4.20. The number of nitrogens with zero attached hydrogens (tertiary/aromatic N) is 2.